The molecule has 3 nitrogen and oxygen atoms in total. The van der Waals surface area contributed by atoms with Crippen LogP contribution in [0.4, 0.5) is 4.79 Å². The molecule has 1 saturated carbocycles. The van der Waals surface area contributed by atoms with Gasteiger partial charge in [0.15, 0.2) is 0 Å². The monoisotopic (exact) mass is 267 g/mol. The molecule has 0 aromatic rings. The molecule has 7 heteroatoms. The summed E-state index contributed by atoms with van der Waals surface area (Å²) < 4.78 is 5.35. The Morgan fingerprint density at radius 2 is 1.50 bits per heavy atom. The van der Waals surface area contributed by atoms with Gasteiger partial charge in [-0.05, 0) is 32.6 Å². The average Bonchev–Trinajstić information content (AvgIpc) is 2.63. The zero-order valence-corrected chi connectivity index (χ0v) is 11.8. The van der Waals surface area contributed by atoms with Crippen molar-refractivity contribution in [3.63, 3.8) is 0 Å². The van der Waals surface area contributed by atoms with E-state index in [9.17, 15) is 4.79 Å². The van der Waals surface area contributed by atoms with Gasteiger partial charge >= 0.3 is 6.09 Å². The number of amides is 1. The van der Waals surface area contributed by atoms with Crippen LogP contribution in [0.1, 0.15) is 34.6 Å². The summed E-state index contributed by atoms with van der Waals surface area (Å²) in [4.78, 5) is 13.7. The van der Waals surface area contributed by atoms with Crippen LogP contribution in [0.3, 0.4) is 0 Å². The Morgan fingerprint density at radius 3 is 1.85 bits per heavy atom. The Bertz CT molecular complexity index is 370. The highest BCUT2D eigenvalue weighted by molar-refractivity contribution is 6.45. The number of likely N-dealkylation sites (tertiary alicyclic amines) is 1. The second-order valence-electron chi connectivity index (χ2n) is 7.00. The molecule has 2 rings (SSSR count). The number of hydrogen-bond acceptors (Lipinski definition) is 2. The van der Waals surface area contributed by atoms with E-state index in [-0.39, 0.29) is 25.4 Å². The molecule has 1 amide bonds. The zero-order valence-electron chi connectivity index (χ0n) is 11.8. The molecule has 2 fully saturated rings. The lowest BCUT2D eigenvalue weighted by atomic mass is 9.45. The van der Waals surface area contributed by atoms with Gasteiger partial charge in [-0.3, -0.25) is 0 Å². The first-order chi connectivity index (χ1) is 8.42. The van der Waals surface area contributed by atoms with Crippen LogP contribution in [-0.2, 0) is 4.74 Å². The molecule has 2 aliphatic rings. The second kappa shape index (κ2) is 5.06. The Kier molecular flexibility index (Phi) is 4.45. The van der Waals surface area contributed by atoms with Gasteiger partial charge in [-0.1, -0.05) is 24.3 Å². The van der Waals surface area contributed by atoms with Crippen molar-refractivity contribution in [1.82, 2.24) is 4.90 Å². The summed E-state index contributed by atoms with van der Waals surface area (Å²) in [6.45, 7) is 6.38. The summed E-state index contributed by atoms with van der Waals surface area (Å²) in [5.41, 5.74) is -0.528. The third kappa shape index (κ3) is 3.23. The number of nitrogens with zero attached hydrogens (tertiary/aromatic N) is 1. The van der Waals surface area contributed by atoms with Crippen LogP contribution in [-0.4, -0.2) is 61.1 Å². The molecule has 2 atom stereocenters. The number of hydrogen-bond donors (Lipinski definition) is 0. The van der Waals surface area contributed by atoms with Crippen molar-refractivity contribution in [2.75, 3.05) is 13.1 Å². The van der Waals surface area contributed by atoms with E-state index in [2.05, 4.69) is 0 Å². The van der Waals surface area contributed by atoms with Gasteiger partial charge in [0, 0.05) is 13.1 Å². The first-order valence-corrected chi connectivity index (χ1v) is 6.56. The minimum Gasteiger partial charge on any atom is -0.444 e. The number of rotatable bonds is 0. The Morgan fingerprint density at radius 1 is 1.10 bits per heavy atom. The van der Waals surface area contributed by atoms with E-state index in [0.29, 0.717) is 19.5 Å². The third-order valence-electron chi connectivity index (χ3n) is 3.96. The predicted octanol–water partition coefficient (Wildman–Crippen LogP) is 1.42. The lowest BCUT2D eigenvalue weighted by Gasteiger charge is -2.31. The predicted molar refractivity (Wildman–Crippen MR) is 84.5 cm³/mol. The standard InChI is InChI=1S/C12H17B4NO2.CH4/c1-10(2,3)19-9(18)17-4-7-8(5-17)12(15,16)6-11(7,13)14;/h7-8H,4-6H2,1-3H3;1H4. The maximum atomic E-state index is 12.1. The van der Waals surface area contributed by atoms with Crippen molar-refractivity contribution in [2.45, 2.75) is 50.6 Å². The fraction of sp³-hybridized carbons (Fsp3) is 0.923. The molecule has 1 aliphatic heterocycles. The van der Waals surface area contributed by atoms with Gasteiger partial charge < -0.3 is 9.64 Å². The lowest BCUT2D eigenvalue weighted by molar-refractivity contribution is 0.0279. The van der Waals surface area contributed by atoms with Crippen LogP contribution in [0.15, 0.2) is 0 Å². The Labute approximate surface area is 128 Å². The average molecular weight is 267 g/mol. The maximum Gasteiger partial charge on any atom is 0.410 e. The van der Waals surface area contributed by atoms with E-state index in [1.54, 1.807) is 4.90 Å². The highest BCUT2D eigenvalue weighted by Gasteiger charge is 2.55. The maximum absolute atomic E-state index is 12.1. The molecule has 0 spiro atoms. The molecule has 8 radical (unpaired) electrons. The molecule has 0 N–H and O–H groups in total. The third-order valence-corrected chi connectivity index (χ3v) is 3.96. The van der Waals surface area contributed by atoms with Gasteiger partial charge in [0.1, 0.15) is 5.60 Å². The van der Waals surface area contributed by atoms with Crippen LogP contribution >= 0.6 is 0 Å². The number of carbonyl (C=O) groups excluding carboxylic acids is 1. The summed E-state index contributed by atoms with van der Waals surface area (Å²) in [6, 6.07) is 0. The lowest BCUT2D eigenvalue weighted by Crippen LogP contribution is -2.37. The highest BCUT2D eigenvalue weighted by Crippen LogP contribution is 2.61. The number of fused-ring (bicyclic) bond motifs is 1. The van der Waals surface area contributed by atoms with Gasteiger partial charge in [-0.15, -0.1) is 0 Å². The SMILES string of the molecule is C.[B]C1([B])CC([B])([B])C2CN(C(=O)OC(C)(C)C)CC21. The molecule has 0 aromatic heterocycles. The Hall–Kier alpha value is -0.470. The van der Waals surface area contributed by atoms with Crippen molar-refractivity contribution in [1.29, 1.82) is 0 Å². The van der Waals surface area contributed by atoms with Crippen LogP contribution < -0.4 is 0 Å². The molecular weight excluding hydrogens is 245 g/mol. The number of carbonyl (C=O) groups is 1. The van der Waals surface area contributed by atoms with Crippen molar-refractivity contribution in [3.05, 3.63) is 0 Å². The number of ether oxygens (including phenoxy) is 1. The van der Waals surface area contributed by atoms with Gasteiger partial charge in [-0.2, -0.15) is 0 Å². The van der Waals surface area contributed by atoms with Crippen molar-refractivity contribution in [2.24, 2.45) is 11.8 Å². The van der Waals surface area contributed by atoms with E-state index in [4.69, 9.17) is 36.1 Å². The van der Waals surface area contributed by atoms with Gasteiger partial charge in [0.05, 0.1) is 31.4 Å². The molecule has 0 aromatic carbocycles. The van der Waals surface area contributed by atoms with Crippen LogP contribution in [0.2, 0.25) is 10.4 Å². The van der Waals surface area contributed by atoms with E-state index < -0.39 is 16.0 Å². The molecular formula is C13H21B4NO2. The van der Waals surface area contributed by atoms with Crippen LogP contribution in [0, 0.1) is 11.8 Å². The smallest absolute Gasteiger partial charge is 0.410 e. The van der Waals surface area contributed by atoms with Gasteiger partial charge in [0.2, 0.25) is 0 Å². The second-order valence-corrected chi connectivity index (χ2v) is 7.00. The molecule has 1 saturated heterocycles. The van der Waals surface area contributed by atoms with Crippen molar-refractivity contribution >= 4 is 37.5 Å². The normalized spacial score (nSPS) is 30.4. The van der Waals surface area contributed by atoms with E-state index in [1.807, 2.05) is 20.8 Å². The van der Waals surface area contributed by atoms with Crippen molar-refractivity contribution < 1.29 is 9.53 Å². The van der Waals surface area contributed by atoms with E-state index >= 15 is 0 Å². The fourth-order valence-corrected chi connectivity index (χ4v) is 3.16. The topological polar surface area (TPSA) is 29.5 Å². The minimum atomic E-state index is -0.926. The van der Waals surface area contributed by atoms with Crippen LogP contribution in [0.5, 0.6) is 0 Å². The van der Waals surface area contributed by atoms with Gasteiger partial charge in [0.25, 0.3) is 0 Å². The summed E-state index contributed by atoms with van der Waals surface area (Å²) in [5.74, 6) is -0.176. The minimum absolute atomic E-state index is 0. The summed E-state index contributed by atoms with van der Waals surface area (Å²) >= 11 is 0. The Balaban J connectivity index is 0.00000200. The quantitative estimate of drug-likeness (QED) is 0.621. The van der Waals surface area contributed by atoms with Crippen molar-refractivity contribution in [3.8, 4) is 0 Å². The van der Waals surface area contributed by atoms with Crippen LogP contribution in [0.25, 0.3) is 0 Å². The summed E-state index contributed by atoms with van der Waals surface area (Å²) in [7, 11) is 24.3. The molecule has 1 heterocycles. The fourth-order valence-electron chi connectivity index (χ4n) is 3.16. The zero-order chi connectivity index (χ0) is 14.6. The largest absolute Gasteiger partial charge is 0.444 e. The van der Waals surface area contributed by atoms with E-state index in [0.717, 1.165) is 0 Å². The summed E-state index contributed by atoms with van der Waals surface area (Å²) in [5, 5.41) is -1.85. The molecule has 0 bridgehead atoms. The van der Waals surface area contributed by atoms with E-state index in [1.165, 1.54) is 0 Å². The molecule has 1 aliphatic carbocycles. The highest BCUT2D eigenvalue weighted by atomic mass is 16.6. The summed E-state index contributed by atoms with van der Waals surface area (Å²) in [6.07, 6.45) is -0.00851. The molecule has 20 heavy (non-hydrogen) atoms. The van der Waals surface area contributed by atoms with Gasteiger partial charge in [-0.25, -0.2) is 4.79 Å². The first-order valence-electron chi connectivity index (χ1n) is 6.56. The molecule has 102 valence electrons. The first kappa shape index (κ1) is 17.6. The molecule has 2 unspecified atom stereocenters.